The summed E-state index contributed by atoms with van der Waals surface area (Å²) in [5.41, 5.74) is 2.94. The highest BCUT2D eigenvalue weighted by atomic mass is 32.2. The van der Waals surface area contributed by atoms with Crippen LogP contribution in [0, 0.1) is 0 Å². The third-order valence-corrected chi connectivity index (χ3v) is 9.31. The molecule has 2 aromatic carbocycles. The number of fused-ring (bicyclic) bond motifs is 4. The van der Waals surface area contributed by atoms with E-state index in [1.807, 2.05) is 48.7 Å². The van der Waals surface area contributed by atoms with Crippen molar-refractivity contribution in [1.29, 1.82) is 0 Å². The van der Waals surface area contributed by atoms with Crippen LogP contribution in [-0.2, 0) is 0 Å². The van der Waals surface area contributed by atoms with Gasteiger partial charge in [-0.05, 0) is 81.2 Å². The van der Waals surface area contributed by atoms with Gasteiger partial charge in [0.05, 0.1) is 11.4 Å². The summed E-state index contributed by atoms with van der Waals surface area (Å²) < 4.78 is 6.38. The number of anilines is 2. The molecule has 0 aromatic heterocycles. The topological polar surface area (TPSA) is 36.0 Å². The molecule has 0 unspecified atom stereocenters. The molecular weight excluding hydrogens is 454 g/mol. The average molecular weight is 490 g/mol. The van der Waals surface area contributed by atoms with Crippen LogP contribution in [0.5, 0.6) is 11.5 Å². The van der Waals surface area contributed by atoms with E-state index in [4.69, 9.17) is 4.74 Å². The molecule has 1 amide bonds. The highest BCUT2D eigenvalue weighted by Crippen LogP contribution is 2.51. The predicted molar refractivity (Wildman–Crippen MR) is 144 cm³/mol. The minimum absolute atomic E-state index is 0.0669. The second-order valence-electron chi connectivity index (χ2n) is 10.1. The number of rotatable bonds is 6. The van der Waals surface area contributed by atoms with Gasteiger partial charge in [-0.15, -0.1) is 11.8 Å². The fourth-order valence-electron chi connectivity index (χ4n) is 6.48. The molecule has 35 heavy (non-hydrogen) atoms. The van der Waals surface area contributed by atoms with Crippen molar-refractivity contribution in [2.24, 2.45) is 0 Å². The van der Waals surface area contributed by atoms with E-state index in [1.54, 1.807) is 4.91 Å². The first-order chi connectivity index (χ1) is 17.2. The van der Waals surface area contributed by atoms with Gasteiger partial charge in [-0.3, -0.25) is 9.69 Å². The standard InChI is InChI=1S/C29H35N3O2S/c1-3-30(4-2)29(33)20-11-14-26-28(16-20)34-27-10-6-5-9-25(27)32(26)23-17-21-12-13-22(18-23)31(21)19-24-8-7-15-35-24/h5-6,8-11,14,16,21-23H,3-4,7,12-13,15,17-19H2,1-2H3/t21-,22+,23+. The van der Waals surface area contributed by atoms with Crippen LogP contribution >= 0.6 is 11.8 Å². The van der Waals surface area contributed by atoms with Gasteiger partial charge in [0.2, 0.25) is 0 Å². The number of benzene rings is 2. The monoisotopic (exact) mass is 489 g/mol. The first-order valence-electron chi connectivity index (χ1n) is 13.2. The van der Waals surface area contributed by atoms with Crippen LogP contribution in [0.1, 0.15) is 56.3 Å². The van der Waals surface area contributed by atoms with Gasteiger partial charge in [0.15, 0.2) is 11.5 Å². The number of ether oxygens (including phenoxy) is 1. The Kier molecular flexibility index (Phi) is 6.27. The number of hydrogen-bond donors (Lipinski definition) is 0. The molecule has 184 valence electrons. The summed E-state index contributed by atoms with van der Waals surface area (Å²) in [5.74, 6) is 3.00. The fraction of sp³-hybridized carbons (Fsp3) is 0.483. The third kappa shape index (κ3) is 4.15. The predicted octanol–water partition coefficient (Wildman–Crippen LogP) is 6.43. The molecule has 4 aliphatic rings. The third-order valence-electron chi connectivity index (χ3n) is 8.20. The Morgan fingerprint density at radius 3 is 2.46 bits per heavy atom. The molecular formula is C29H35N3O2S. The highest BCUT2D eigenvalue weighted by Gasteiger charge is 2.44. The van der Waals surface area contributed by atoms with Crippen LogP contribution in [0.4, 0.5) is 11.4 Å². The number of hydrogen-bond acceptors (Lipinski definition) is 5. The van der Waals surface area contributed by atoms with E-state index < -0.39 is 0 Å². The number of carbonyl (C=O) groups excluding carboxylic acids is 1. The molecule has 2 fully saturated rings. The van der Waals surface area contributed by atoms with Crippen molar-refractivity contribution in [2.75, 3.05) is 30.3 Å². The van der Waals surface area contributed by atoms with Crippen molar-refractivity contribution in [3.05, 3.63) is 59.0 Å². The lowest BCUT2D eigenvalue weighted by Crippen LogP contribution is -2.50. The summed E-state index contributed by atoms with van der Waals surface area (Å²) >= 11 is 2.05. The fourth-order valence-corrected chi connectivity index (χ4v) is 7.45. The summed E-state index contributed by atoms with van der Waals surface area (Å²) in [6.07, 6.45) is 8.61. The molecule has 0 aliphatic carbocycles. The summed E-state index contributed by atoms with van der Waals surface area (Å²) in [4.78, 5) is 21.8. The first-order valence-corrected chi connectivity index (χ1v) is 14.2. The number of thioether (sulfide) groups is 1. The molecule has 6 rings (SSSR count). The quantitative estimate of drug-likeness (QED) is 0.467. The molecule has 2 aromatic rings. The molecule has 3 atom stereocenters. The van der Waals surface area contributed by atoms with E-state index in [0.29, 0.717) is 36.8 Å². The minimum atomic E-state index is 0.0669. The summed E-state index contributed by atoms with van der Waals surface area (Å²) in [7, 11) is 0. The average Bonchev–Trinajstić information content (AvgIpc) is 3.47. The molecule has 4 aliphatic heterocycles. The van der Waals surface area contributed by atoms with Crippen molar-refractivity contribution in [2.45, 2.75) is 64.1 Å². The maximum absolute atomic E-state index is 13.0. The van der Waals surface area contributed by atoms with Crippen LogP contribution in [0.15, 0.2) is 53.4 Å². The highest BCUT2D eigenvalue weighted by molar-refractivity contribution is 8.03. The van der Waals surface area contributed by atoms with Crippen LogP contribution in [0.25, 0.3) is 0 Å². The molecule has 0 saturated carbocycles. The zero-order valence-electron chi connectivity index (χ0n) is 20.8. The number of amides is 1. The van der Waals surface area contributed by atoms with Crippen molar-refractivity contribution in [3.63, 3.8) is 0 Å². The smallest absolute Gasteiger partial charge is 0.253 e. The SMILES string of the molecule is CCN(CC)C(=O)c1ccc2c(c1)Oc1ccccc1N2[C@H]1C[C@H]2CC[C@@H](C1)N2CC1=CCCS1. The second-order valence-corrected chi connectivity index (χ2v) is 11.3. The van der Waals surface area contributed by atoms with Crippen LogP contribution in [-0.4, -0.2) is 59.2 Å². The van der Waals surface area contributed by atoms with E-state index in [-0.39, 0.29) is 5.91 Å². The van der Waals surface area contributed by atoms with Crippen molar-refractivity contribution < 1.29 is 9.53 Å². The molecule has 2 saturated heterocycles. The minimum Gasteiger partial charge on any atom is -0.453 e. The Morgan fingerprint density at radius 1 is 1.00 bits per heavy atom. The Labute approximate surface area is 213 Å². The molecule has 0 N–H and O–H groups in total. The number of piperidine rings is 1. The van der Waals surface area contributed by atoms with Crippen molar-refractivity contribution >= 4 is 29.0 Å². The lowest BCUT2D eigenvalue weighted by atomic mass is 9.93. The normalized spacial score (nSPS) is 25.0. The molecule has 0 radical (unpaired) electrons. The van der Waals surface area contributed by atoms with Gasteiger partial charge in [-0.2, -0.15) is 0 Å². The van der Waals surface area contributed by atoms with E-state index in [0.717, 1.165) is 29.4 Å². The van der Waals surface area contributed by atoms with Gasteiger partial charge in [0.1, 0.15) is 0 Å². The van der Waals surface area contributed by atoms with Crippen LogP contribution in [0.2, 0.25) is 0 Å². The number of para-hydroxylation sites is 2. The maximum atomic E-state index is 13.0. The summed E-state index contributed by atoms with van der Waals surface area (Å²) in [6, 6.07) is 16.1. The Morgan fingerprint density at radius 2 is 1.74 bits per heavy atom. The molecule has 4 heterocycles. The summed E-state index contributed by atoms with van der Waals surface area (Å²) in [6.45, 7) is 6.60. The largest absolute Gasteiger partial charge is 0.453 e. The van der Waals surface area contributed by atoms with Gasteiger partial charge < -0.3 is 14.5 Å². The van der Waals surface area contributed by atoms with Gasteiger partial charge >= 0.3 is 0 Å². The summed E-state index contributed by atoms with van der Waals surface area (Å²) in [5, 5.41) is 0. The molecule has 2 bridgehead atoms. The van der Waals surface area contributed by atoms with E-state index in [1.165, 1.54) is 37.9 Å². The van der Waals surface area contributed by atoms with Gasteiger partial charge in [-0.25, -0.2) is 0 Å². The lowest BCUT2D eigenvalue weighted by molar-refractivity contribution is 0.0772. The first kappa shape index (κ1) is 23.0. The number of carbonyl (C=O) groups is 1. The Bertz CT molecular complexity index is 1130. The lowest BCUT2D eigenvalue weighted by Gasteiger charge is -2.46. The molecule has 0 spiro atoms. The van der Waals surface area contributed by atoms with E-state index in [2.05, 4.69) is 40.1 Å². The van der Waals surface area contributed by atoms with Crippen LogP contribution in [0.3, 0.4) is 0 Å². The van der Waals surface area contributed by atoms with Gasteiger partial charge in [0.25, 0.3) is 5.91 Å². The number of allylic oxidation sites excluding steroid dienone is 1. The second kappa shape index (κ2) is 9.55. The Hall–Kier alpha value is -2.44. The zero-order chi connectivity index (χ0) is 23.9. The van der Waals surface area contributed by atoms with Crippen molar-refractivity contribution in [1.82, 2.24) is 9.80 Å². The molecule has 6 heteroatoms. The number of nitrogens with zero attached hydrogens (tertiary/aromatic N) is 3. The van der Waals surface area contributed by atoms with E-state index >= 15 is 0 Å². The van der Waals surface area contributed by atoms with Gasteiger partial charge in [-0.1, -0.05) is 18.2 Å². The van der Waals surface area contributed by atoms with E-state index in [9.17, 15) is 4.79 Å². The maximum Gasteiger partial charge on any atom is 0.253 e. The van der Waals surface area contributed by atoms with Gasteiger partial charge in [0, 0.05) is 49.1 Å². The van der Waals surface area contributed by atoms with Crippen molar-refractivity contribution in [3.8, 4) is 11.5 Å². The molecule has 5 nitrogen and oxygen atoms in total. The Balaban J connectivity index is 1.31. The zero-order valence-corrected chi connectivity index (χ0v) is 21.6. The van der Waals surface area contributed by atoms with Crippen LogP contribution < -0.4 is 9.64 Å².